The minimum atomic E-state index is -0.580. The number of hydrogen-bond acceptors (Lipinski definition) is 3. The molecule has 0 aliphatic heterocycles. The highest BCUT2D eigenvalue weighted by molar-refractivity contribution is 9.10. The number of hydrogen-bond donors (Lipinski definition) is 1. The van der Waals surface area contributed by atoms with Crippen LogP contribution in [0, 0.1) is 6.92 Å². The number of thioether (sulfide) groups is 1. The van der Waals surface area contributed by atoms with Gasteiger partial charge in [0.05, 0.1) is 5.75 Å². The fraction of sp³-hybridized carbons (Fsp3) is 0.286. The Hall–Kier alpha value is -2.57. The van der Waals surface area contributed by atoms with E-state index in [1.165, 1.54) is 0 Å². The molecule has 0 saturated carbocycles. The standard InChI is InChI=1S/C28H31BrN2O2S/c1-3-30-28(33)26(17-22-9-5-4-6-10-22)31(18-24-11-7-8-21(2)16-24)27(32)20-34-19-23-12-14-25(29)15-13-23/h4-16,26H,3,17-20H2,1-2H3,(H,30,33). The Morgan fingerprint density at radius 3 is 2.32 bits per heavy atom. The molecule has 0 aliphatic rings. The summed E-state index contributed by atoms with van der Waals surface area (Å²) in [5.74, 6) is 0.898. The van der Waals surface area contributed by atoms with Crippen molar-refractivity contribution in [2.24, 2.45) is 0 Å². The molecule has 0 aromatic heterocycles. The minimum absolute atomic E-state index is 0.0317. The van der Waals surface area contributed by atoms with Crippen LogP contribution in [-0.2, 0) is 28.3 Å². The second-order valence-electron chi connectivity index (χ2n) is 8.23. The van der Waals surface area contributed by atoms with Crippen LogP contribution in [0.1, 0.15) is 29.2 Å². The van der Waals surface area contributed by atoms with E-state index in [0.29, 0.717) is 25.3 Å². The molecule has 0 fully saturated rings. The molecular formula is C28H31BrN2O2S. The van der Waals surface area contributed by atoms with Gasteiger partial charge in [0.2, 0.25) is 11.8 Å². The molecular weight excluding hydrogens is 508 g/mol. The Morgan fingerprint density at radius 2 is 1.65 bits per heavy atom. The van der Waals surface area contributed by atoms with E-state index in [1.807, 2.05) is 74.5 Å². The Bertz CT molecular complexity index is 1070. The average Bonchev–Trinajstić information content (AvgIpc) is 2.83. The number of rotatable bonds is 11. The summed E-state index contributed by atoms with van der Waals surface area (Å²) in [7, 11) is 0. The molecule has 0 heterocycles. The van der Waals surface area contributed by atoms with Crippen LogP contribution in [0.3, 0.4) is 0 Å². The zero-order chi connectivity index (χ0) is 24.3. The predicted molar refractivity (Wildman–Crippen MR) is 145 cm³/mol. The molecule has 0 aliphatic carbocycles. The molecule has 34 heavy (non-hydrogen) atoms. The van der Waals surface area contributed by atoms with E-state index in [2.05, 4.69) is 39.4 Å². The van der Waals surface area contributed by atoms with Crippen LogP contribution in [0.5, 0.6) is 0 Å². The zero-order valence-corrected chi connectivity index (χ0v) is 22.1. The smallest absolute Gasteiger partial charge is 0.243 e. The van der Waals surface area contributed by atoms with Gasteiger partial charge in [-0.25, -0.2) is 0 Å². The summed E-state index contributed by atoms with van der Waals surface area (Å²) in [6.45, 7) is 4.86. The number of nitrogens with zero attached hydrogens (tertiary/aromatic N) is 1. The molecule has 4 nitrogen and oxygen atoms in total. The van der Waals surface area contributed by atoms with Gasteiger partial charge in [-0.1, -0.05) is 88.2 Å². The van der Waals surface area contributed by atoms with Crippen molar-refractivity contribution >= 4 is 39.5 Å². The van der Waals surface area contributed by atoms with E-state index < -0.39 is 6.04 Å². The van der Waals surface area contributed by atoms with Gasteiger partial charge in [0, 0.05) is 29.7 Å². The van der Waals surface area contributed by atoms with E-state index in [1.54, 1.807) is 16.7 Å². The van der Waals surface area contributed by atoms with Crippen molar-refractivity contribution in [1.82, 2.24) is 10.2 Å². The maximum absolute atomic E-state index is 13.5. The van der Waals surface area contributed by atoms with Gasteiger partial charge in [-0.05, 0) is 42.7 Å². The van der Waals surface area contributed by atoms with Crippen molar-refractivity contribution in [2.45, 2.75) is 38.6 Å². The molecule has 0 saturated heterocycles. The topological polar surface area (TPSA) is 49.4 Å². The van der Waals surface area contributed by atoms with Crippen LogP contribution in [0.4, 0.5) is 0 Å². The van der Waals surface area contributed by atoms with E-state index in [-0.39, 0.29) is 11.8 Å². The largest absolute Gasteiger partial charge is 0.355 e. The Balaban J connectivity index is 1.81. The lowest BCUT2D eigenvalue weighted by atomic mass is 10.0. The third kappa shape index (κ3) is 8.03. The van der Waals surface area contributed by atoms with Gasteiger partial charge in [0.15, 0.2) is 0 Å². The summed E-state index contributed by atoms with van der Waals surface area (Å²) in [5, 5.41) is 2.94. The predicted octanol–water partition coefficient (Wildman–Crippen LogP) is 5.77. The van der Waals surface area contributed by atoms with E-state index in [9.17, 15) is 9.59 Å². The molecule has 6 heteroatoms. The Kier molecular flexibility index (Phi) is 10.2. The first-order chi connectivity index (χ1) is 16.5. The Morgan fingerprint density at radius 1 is 0.941 bits per heavy atom. The quantitative estimate of drug-likeness (QED) is 0.337. The van der Waals surface area contributed by atoms with Gasteiger partial charge < -0.3 is 10.2 Å². The van der Waals surface area contributed by atoms with Crippen molar-refractivity contribution in [1.29, 1.82) is 0 Å². The normalized spacial score (nSPS) is 11.6. The highest BCUT2D eigenvalue weighted by Gasteiger charge is 2.30. The van der Waals surface area contributed by atoms with Crippen LogP contribution in [-0.4, -0.2) is 35.1 Å². The lowest BCUT2D eigenvalue weighted by Crippen LogP contribution is -2.51. The van der Waals surface area contributed by atoms with Gasteiger partial charge in [0.1, 0.15) is 6.04 Å². The summed E-state index contributed by atoms with van der Waals surface area (Å²) in [6.07, 6.45) is 0.474. The molecule has 3 rings (SSSR count). The molecule has 0 spiro atoms. The van der Waals surface area contributed by atoms with Crippen LogP contribution < -0.4 is 5.32 Å². The number of likely N-dealkylation sites (N-methyl/N-ethyl adjacent to an activating group) is 1. The first kappa shape index (κ1) is 26.0. The molecule has 2 amide bonds. The highest BCUT2D eigenvalue weighted by atomic mass is 79.9. The van der Waals surface area contributed by atoms with Crippen LogP contribution >= 0.6 is 27.7 Å². The van der Waals surface area contributed by atoms with Crippen LogP contribution in [0.15, 0.2) is 83.3 Å². The first-order valence-electron chi connectivity index (χ1n) is 11.4. The van der Waals surface area contributed by atoms with Gasteiger partial charge >= 0.3 is 0 Å². The van der Waals surface area contributed by atoms with Crippen molar-refractivity contribution in [3.8, 4) is 0 Å². The van der Waals surface area contributed by atoms with Crippen LogP contribution in [0.25, 0.3) is 0 Å². The number of benzene rings is 3. The lowest BCUT2D eigenvalue weighted by molar-refractivity contribution is -0.139. The second kappa shape index (κ2) is 13.4. The monoisotopic (exact) mass is 538 g/mol. The first-order valence-corrected chi connectivity index (χ1v) is 13.4. The van der Waals surface area contributed by atoms with E-state index in [0.717, 1.165) is 32.5 Å². The van der Waals surface area contributed by atoms with Gasteiger partial charge in [-0.15, -0.1) is 11.8 Å². The summed E-state index contributed by atoms with van der Waals surface area (Å²) in [5.41, 5.74) is 4.35. The third-order valence-electron chi connectivity index (χ3n) is 5.47. The SMILES string of the molecule is CCNC(=O)C(Cc1ccccc1)N(Cc1cccc(C)c1)C(=O)CSCc1ccc(Br)cc1. The van der Waals surface area contributed by atoms with Gasteiger partial charge in [-0.2, -0.15) is 0 Å². The number of nitrogens with one attached hydrogen (secondary N) is 1. The summed E-state index contributed by atoms with van der Waals surface area (Å²) < 4.78 is 1.03. The summed E-state index contributed by atoms with van der Waals surface area (Å²) in [4.78, 5) is 28.4. The lowest BCUT2D eigenvalue weighted by Gasteiger charge is -2.31. The molecule has 1 unspecified atom stereocenters. The number of carbonyl (C=O) groups is 2. The zero-order valence-electron chi connectivity index (χ0n) is 19.7. The average molecular weight is 540 g/mol. The van der Waals surface area contributed by atoms with E-state index in [4.69, 9.17) is 0 Å². The summed E-state index contributed by atoms with van der Waals surface area (Å²) in [6, 6.07) is 25.6. The van der Waals surface area contributed by atoms with Crippen molar-refractivity contribution in [3.63, 3.8) is 0 Å². The molecule has 0 bridgehead atoms. The van der Waals surface area contributed by atoms with E-state index >= 15 is 0 Å². The highest BCUT2D eigenvalue weighted by Crippen LogP contribution is 2.20. The van der Waals surface area contributed by atoms with Gasteiger partial charge in [0.25, 0.3) is 0 Å². The molecule has 178 valence electrons. The maximum Gasteiger partial charge on any atom is 0.243 e. The number of amides is 2. The van der Waals surface area contributed by atoms with Crippen molar-refractivity contribution in [3.05, 3.63) is 106 Å². The fourth-order valence-electron chi connectivity index (χ4n) is 3.77. The fourth-order valence-corrected chi connectivity index (χ4v) is 4.91. The van der Waals surface area contributed by atoms with Crippen molar-refractivity contribution < 1.29 is 9.59 Å². The number of aryl methyl sites for hydroxylation is 1. The molecule has 3 aromatic carbocycles. The van der Waals surface area contributed by atoms with Gasteiger partial charge in [-0.3, -0.25) is 9.59 Å². The minimum Gasteiger partial charge on any atom is -0.355 e. The van der Waals surface area contributed by atoms with Crippen LogP contribution in [0.2, 0.25) is 0 Å². The number of carbonyl (C=O) groups excluding carboxylic acids is 2. The summed E-state index contributed by atoms with van der Waals surface area (Å²) >= 11 is 5.03. The maximum atomic E-state index is 13.5. The molecule has 0 radical (unpaired) electrons. The Labute approximate surface area is 215 Å². The molecule has 3 aromatic rings. The third-order valence-corrected chi connectivity index (χ3v) is 6.98. The second-order valence-corrected chi connectivity index (χ2v) is 10.1. The number of halogens is 1. The van der Waals surface area contributed by atoms with Crippen molar-refractivity contribution in [2.75, 3.05) is 12.3 Å². The molecule has 1 atom stereocenters. The molecule has 1 N–H and O–H groups in total.